The minimum atomic E-state index is -0.519. The molecule has 8 nitrogen and oxygen atoms in total. The summed E-state index contributed by atoms with van der Waals surface area (Å²) in [5.41, 5.74) is 5.80. The van der Waals surface area contributed by atoms with Gasteiger partial charge in [-0.05, 0) is 12.1 Å². The molecule has 0 aliphatic carbocycles. The Labute approximate surface area is 133 Å². The average Bonchev–Trinajstić information content (AvgIpc) is 3.07. The van der Waals surface area contributed by atoms with E-state index in [1.165, 1.54) is 30.2 Å². The van der Waals surface area contributed by atoms with Gasteiger partial charge >= 0.3 is 6.09 Å². The second kappa shape index (κ2) is 7.48. The van der Waals surface area contributed by atoms with Gasteiger partial charge in [-0.1, -0.05) is 0 Å². The Balaban J connectivity index is 1.78. The van der Waals surface area contributed by atoms with Crippen LogP contribution in [0.1, 0.15) is 17.5 Å². The van der Waals surface area contributed by atoms with E-state index < -0.39 is 11.9 Å². The molecule has 0 radical (unpaired) electrons. The average molecular weight is 321 g/mol. The van der Waals surface area contributed by atoms with Crippen molar-refractivity contribution in [2.24, 2.45) is 5.73 Å². The van der Waals surface area contributed by atoms with Gasteiger partial charge in [0.25, 0.3) is 0 Å². The molecule has 1 saturated heterocycles. The molecule has 2 N–H and O–H groups in total. The van der Waals surface area contributed by atoms with Gasteiger partial charge in [0, 0.05) is 39.2 Å². The van der Waals surface area contributed by atoms with Crippen molar-refractivity contribution in [2.75, 3.05) is 32.8 Å². The predicted octanol–water partition coefficient (Wildman–Crippen LogP) is 0.606. The highest BCUT2D eigenvalue weighted by atomic mass is 16.6. The number of carbonyl (C=O) groups is 3. The Morgan fingerprint density at radius 3 is 2.48 bits per heavy atom. The SMILES string of the molecule is CC(=O)N1CCN(C(=O)OCC(N)=CC(=O)c2ccco2)CC1. The summed E-state index contributed by atoms with van der Waals surface area (Å²) in [5, 5.41) is 0. The highest BCUT2D eigenvalue weighted by Gasteiger charge is 2.23. The fourth-order valence-corrected chi connectivity index (χ4v) is 2.14. The number of allylic oxidation sites excluding steroid dienone is 1. The Morgan fingerprint density at radius 2 is 1.91 bits per heavy atom. The summed E-state index contributed by atoms with van der Waals surface area (Å²) in [5.74, 6) is -0.236. The Hall–Kier alpha value is -2.77. The number of nitrogens with zero attached hydrogens (tertiary/aromatic N) is 2. The van der Waals surface area contributed by atoms with Crippen molar-refractivity contribution in [3.63, 3.8) is 0 Å². The minimum Gasteiger partial charge on any atom is -0.461 e. The van der Waals surface area contributed by atoms with Crippen LogP contribution in [-0.4, -0.2) is 60.4 Å². The van der Waals surface area contributed by atoms with E-state index in [4.69, 9.17) is 14.9 Å². The van der Waals surface area contributed by atoms with Crippen LogP contribution in [0, 0.1) is 0 Å². The lowest BCUT2D eigenvalue weighted by molar-refractivity contribution is -0.130. The van der Waals surface area contributed by atoms with E-state index in [2.05, 4.69) is 0 Å². The van der Waals surface area contributed by atoms with Crippen molar-refractivity contribution in [1.29, 1.82) is 0 Å². The van der Waals surface area contributed by atoms with Crippen molar-refractivity contribution in [1.82, 2.24) is 9.80 Å². The molecule has 2 heterocycles. The molecule has 0 bridgehead atoms. The predicted molar refractivity (Wildman–Crippen MR) is 80.5 cm³/mol. The first-order chi connectivity index (χ1) is 11.0. The largest absolute Gasteiger partial charge is 0.461 e. The number of nitrogens with two attached hydrogens (primary N) is 1. The molecule has 1 fully saturated rings. The Kier molecular flexibility index (Phi) is 5.40. The van der Waals surface area contributed by atoms with Gasteiger partial charge in [0.1, 0.15) is 6.61 Å². The standard InChI is InChI=1S/C15H19N3O5/c1-11(19)17-4-6-18(7-5-17)15(21)23-10-12(16)9-13(20)14-3-2-8-22-14/h2-3,8-9H,4-7,10,16H2,1H3. The lowest BCUT2D eigenvalue weighted by Gasteiger charge is -2.33. The lowest BCUT2D eigenvalue weighted by atomic mass is 10.2. The van der Waals surface area contributed by atoms with Crippen LogP contribution in [0.15, 0.2) is 34.6 Å². The summed E-state index contributed by atoms with van der Waals surface area (Å²) in [6.07, 6.45) is 2.03. The third-order valence-corrected chi connectivity index (χ3v) is 3.43. The molecule has 0 saturated carbocycles. The van der Waals surface area contributed by atoms with Crippen molar-refractivity contribution < 1.29 is 23.5 Å². The lowest BCUT2D eigenvalue weighted by Crippen LogP contribution is -2.50. The van der Waals surface area contributed by atoms with Crippen molar-refractivity contribution >= 4 is 17.8 Å². The first-order valence-corrected chi connectivity index (χ1v) is 7.18. The quantitative estimate of drug-likeness (QED) is 0.643. The number of rotatable bonds is 4. The molecule has 124 valence electrons. The fourth-order valence-electron chi connectivity index (χ4n) is 2.14. The minimum absolute atomic E-state index is 0.0124. The summed E-state index contributed by atoms with van der Waals surface area (Å²) in [4.78, 5) is 38.0. The number of ketones is 1. The zero-order chi connectivity index (χ0) is 16.8. The summed E-state index contributed by atoms with van der Waals surface area (Å²) in [6.45, 7) is 3.09. The van der Waals surface area contributed by atoms with Crippen LogP contribution in [-0.2, 0) is 9.53 Å². The molecule has 1 aliphatic rings. The van der Waals surface area contributed by atoms with E-state index in [-0.39, 0.29) is 24.0 Å². The third kappa shape index (κ3) is 4.60. The molecule has 1 aromatic heterocycles. The molecule has 2 rings (SSSR count). The first kappa shape index (κ1) is 16.6. The molecular formula is C15H19N3O5. The number of piperazine rings is 1. The van der Waals surface area contributed by atoms with Crippen LogP contribution in [0.4, 0.5) is 4.79 Å². The Morgan fingerprint density at radius 1 is 1.26 bits per heavy atom. The van der Waals surface area contributed by atoms with Gasteiger partial charge in [-0.2, -0.15) is 0 Å². The summed E-state index contributed by atoms with van der Waals surface area (Å²) < 4.78 is 10.0. The van der Waals surface area contributed by atoms with Crippen LogP contribution in [0.3, 0.4) is 0 Å². The number of furan rings is 1. The highest BCUT2D eigenvalue weighted by Crippen LogP contribution is 2.06. The number of hydrogen-bond acceptors (Lipinski definition) is 6. The van der Waals surface area contributed by atoms with Crippen LogP contribution in [0.2, 0.25) is 0 Å². The summed E-state index contributed by atoms with van der Waals surface area (Å²) in [6, 6.07) is 3.12. The third-order valence-electron chi connectivity index (χ3n) is 3.43. The van der Waals surface area contributed by atoms with E-state index in [1.807, 2.05) is 0 Å². The molecule has 23 heavy (non-hydrogen) atoms. The number of hydrogen-bond donors (Lipinski definition) is 1. The smallest absolute Gasteiger partial charge is 0.410 e. The fraction of sp³-hybridized carbons (Fsp3) is 0.400. The van der Waals surface area contributed by atoms with Crippen molar-refractivity contribution in [2.45, 2.75) is 6.92 Å². The van der Waals surface area contributed by atoms with E-state index in [0.29, 0.717) is 26.2 Å². The van der Waals surface area contributed by atoms with Crippen LogP contribution in [0.5, 0.6) is 0 Å². The second-order valence-corrected chi connectivity index (χ2v) is 5.11. The molecule has 1 aliphatic heterocycles. The van der Waals surface area contributed by atoms with Crippen LogP contribution < -0.4 is 5.73 Å². The monoisotopic (exact) mass is 321 g/mol. The van der Waals surface area contributed by atoms with Gasteiger partial charge in [-0.25, -0.2) is 4.79 Å². The molecule has 0 atom stereocenters. The van der Waals surface area contributed by atoms with Gasteiger partial charge in [0.2, 0.25) is 11.7 Å². The molecule has 2 amide bonds. The molecule has 8 heteroatoms. The second-order valence-electron chi connectivity index (χ2n) is 5.11. The van der Waals surface area contributed by atoms with Crippen molar-refractivity contribution in [3.8, 4) is 0 Å². The van der Waals surface area contributed by atoms with Crippen LogP contribution in [0.25, 0.3) is 0 Å². The maximum Gasteiger partial charge on any atom is 0.410 e. The number of amides is 2. The molecule has 0 unspecified atom stereocenters. The zero-order valence-corrected chi connectivity index (χ0v) is 12.9. The van der Waals surface area contributed by atoms with Gasteiger partial charge in [-0.3, -0.25) is 9.59 Å². The molecule has 0 spiro atoms. The normalized spacial score (nSPS) is 15.4. The molecular weight excluding hydrogens is 302 g/mol. The van der Waals surface area contributed by atoms with E-state index >= 15 is 0 Å². The van der Waals surface area contributed by atoms with Crippen molar-refractivity contribution in [3.05, 3.63) is 35.9 Å². The van der Waals surface area contributed by atoms with Gasteiger partial charge < -0.3 is 24.7 Å². The highest BCUT2D eigenvalue weighted by molar-refractivity contribution is 6.02. The topological polar surface area (TPSA) is 106 Å². The van der Waals surface area contributed by atoms with E-state index in [1.54, 1.807) is 11.0 Å². The summed E-state index contributed by atoms with van der Waals surface area (Å²) >= 11 is 0. The van der Waals surface area contributed by atoms with Gasteiger partial charge in [0.05, 0.1) is 12.0 Å². The summed E-state index contributed by atoms with van der Waals surface area (Å²) in [7, 11) is 0. The zero-order valence-electron chi connectivity index (χ0n) is 12.9. The first-order valence-electron chi connectivity index (χ1n) is 7.18. The van der Waals surface area contributed by atoms with E-state index in [9.17, 15) is 14.4 Å². The van der Waals surface area contributed by atoms with Crippen LogP contribution >= 0.6 is 0 Å². The maximum atomic E-state index is 11.9. The van der Waals surface area contributed by atoms with Gasteiger partial charge in [0.15, 0.2) is 5.76 Å². The number of ether oxygens (including phenoxy) is 1. The van der Waals surface area contributed by atoms with E-state index in [0.717, 1.165) is 0 Å². The molecule has 0 aromatic carbocycles. The molecule has 1 aromatic rings. The van der Waals surface area contributed by atoms with Gasteiger partial charge in [-0.15, -0.1) is 0 Å². The number of carbonyl (C=O) groups excluding carboxylic acids is 3. The maximum absolute atomic E-state index is 11.9. The Bertz CT molecular complexity index is 601.